The molecule has 0 bridgehead atoms. The quantitative estimate of drug-likeness (QED) is 0.635. The maximum atomic E-state index is 13.2. The van der Waals surface area contributed by atoms with E-state index >= 15 is 0 Å². The lowest BCUT2D eigenvalue weighted by molar-refractivity contribution is 0.248. The van der Waals surface area contributed by atoms with Gasteiger partial charge in [0.2, 0.25) is 0 Å². The minimum absolute atomic E-state index is 0.0752. The number of fused-ring (bicyclic) bond motifs is 2. The molecule has 0 heterocycles. The highest BCUT2D eigenvalue weighted by atomic mass is 32.2. The van der Waals surface area contributed by atoms with Crippen LogP contribution in [0.2, 0.25) is 0 Å². The van der Waals surface area contributed by atoms with Crippen LogP contribution in [0.15, 0.2) is 76.4 Å². The van der Waals surface area contributed by atoms with Crippen molar-refractivity contribution in [3.8, 4) is 0 Å². The number of urea groups is 1. The molecule has 2 N–H and O–H groups in total. The number of carbonyl (C=O) groups is 1. The van der Waals surface area contributed by atoms with Crippen LogP contribution in [0.25, 0.3) is 10.8 Å². The predicted molar refractivity (Wildman–Crippen MR) is 134 cm³/mol. The monoisotopic (exact) mass is 465 g/mol. The number of hydrogen-bond donors (Lipinski definition) is 2. The summed E-state index contributed by atoms with van der Waals surface area (Å²) in [6.07, 6.45) is 9.02. The Morgan fingerprint density at radius 2 is 1.73 bits per heavy atom. The summed E-state index contributed by atoms with van der Waals surface area (Å²) in [6, 6.07) is 9.85. The largest absolute Gasteiger partial charge is 0.377 e. The van der Waals surface area contributed by atoms with Crippen LogP contribution in [0.3, 0.4) is 0 Å². The normalized spacial score (nSPS) is 18.6. The van der Waals surface area contributed by atoms with Gasteiger partial charge < -0.3 is 10.2 Å². The second-order valence-corrected chi connectivity index (χ2v) is 10.5. The Morgan fingerprint density at radius 1 is 0.970 bits per heavy atom. The number of nitrogens with one attached hydrogen (secondary N) is 2. The average molecular weight is 466 g/mol. The first-order valence-electron chi connectivity index (χ1n) is 11.4. The summed E-state index contributed by atoms with van der Waals surface area (Å²) in [5.41, 5.74) is 4.79. The second-order valence-electron chi connectivity index (χ2n) is 8.87. The molecule has 0 saturated heterocycles. The Hall–Kier alpha value is -3.06. The molecule has 6 nitrogen and oxygen atoms in total. The van der Waals surface area contributed by atoms with E-state index in [2.05, 4.69) is 22.7 Å². The molecule has 0 aromatic heterocycles. The molecule has 0 unspecified atom stereocenters. The molecule has 4 rings (SSSR count). The van der Waals surface area contributed by atoms with Crippen molar-refractivity contribution in [1.29, 1.82) is 0 Å². The number of sulfonamides is 1. The van der Waals surface area contributed by atoms with Crippen molar-refractivity contribution in [2.24, 2.45) is 0 Å². The minimum Gasteiger partial charge on any atom is -0.377 e. The number of hydrogen-bond acceptors (Lipinski definition) is 4. The smallest absolute Gasteiger partial charge is 0.333 e. The Bertz CT molecular complexity index is 1270. The molecule has 174 valence electrons. The molecule has 2 aliphatic rings. The van der Waals surface area contributed by atoms with Crippen LogP contribution in [0, 0.1) is 0 Å². The van der Waals surface area contributed by atoms with Gasteiger partial charge in [-0.2, -0.15) is 0 Å². The highest BCUT2D eigenvalue weighted by Crippen LogP contribution is 2.36. The van der Waals surface area contributed by atoms with E-state index in [9.17, 15) is 13.2 Å². The van der Waals surface area contributed by atoms with Gasteiger partial charge in [-0.15, -0.1) is 0 Å². The first-order chi connectivity index (χ1) is 15.8. The third kappa shape index (κ3) is 4.83. The van der Waals surface area contributed by atoms with Crippen LogP contribution in [-0.4, -0.2) is 28.5 Å². The molecule has 2 amide bonds. The van der Waals surface area contributed by atoms with Crippen LogP contribution in [-0.2, 0) is 10.0 Å². The van der Waals surface area contributed by atoms with Gasteiger partial charge in [0.05, 0.1) is 4.90 Å². The number of carbonyl (C=O) groups excluding carboxylic acids is 1. The van der Waals surface area contributed by atoms with E-state index in [1.165, 1.54) is 11.6 Å². The van der Waals surface area contributed by atoms with Gasteiger partial charge in [0.15, 0.2) is 0 Å². The molecular weight excluding hydrogens is 434 g/mol. The maximum absolute atomic E-state index is 13.2. The van der Waals surface area contributed by atoms with Gasteiger partial charge in [0, 0.05) is 36.3 Å². The molecule has 2 aromatic rings. The van der Waals surface area contributed by atoms with Gasteiger partial charge >= 0.3 is 6.03 Å². The summed E-state index contributed by atoms with van der Waals surface area (Å²) in [7, 11) is -0.272. The molecule has 1 saturated carbocycles. The van der Waals surface area contributed by atoms with E-state index in [4.69, 9.17) is 0 Å². The Kier molecular flexibility index (Phi) is 6.61. The average Bonchev–Trinajstić information content (AvgIpc) is 3.24. The van der Waals surface area contributed by atoms with Gasteiger partial charge in [-0.1, -0.05) is 36.9 Å². The highest BCUT2D eigenvalue weighted by molar-refractivity contribution is 7.90. The van der Waals surface area contributed by atoms with Gasteiger partial charge in [-0.25, -0.2) is 17.9 Å². The number of benzene rings is 2. The zero-order valence-corrected chi connectivity index (χ0v) is 20.1. The van der Waals surface area contributed by atoms with E-state index in [-0.39, 0.29) is 4.90 Å². The van der Waals surface area contributed by atoms with Gasteiger partial charge in [0.1, 0.15) is 0 Å². The van der Waals surface area contributed by atoms with Crippen LogP contribution < -0.4 is 14.9 Å². The lowest BCUT2D eigenvalue weighted by Gasteiger charge is -2.18. The third-order valence-electron chi connectivity index (χ3n) is 6.34. The van der Waals surface area contributed by atoms with Gasteiger partial charge in [-0.05, 0) is 73.8 Å². The summed E-state index contributed by atoms with van der Waals surface area (Å²) in [4.78, 5) is 14.9. The van der Waals surface area contributed by atoms with Crippen molar-refractivity contribution >= 4 is 32.5 Å². The molecule has 0 spiro atoms. The van der Waals surface area contributed by atoms with Crippen molar-refractivity contribution in [2.45, 2.75) is 49.8 Å². The number of allylic oxidation sites excluding steroid dienone is 4. The fourth-order valence-electron chi connectivity index (χ4n) is 4.74. The van der Waals surface area contributed by atoms with Gasteiger partial charge in [-0.3, -0.25) is 0 Å². The summed E-state index contributed by atoms with van der Waals surface area (Å²) < 4.78 is 28.7. The Morgan fingerprint density at radius 3 is 2.52 bits per heavy atom. The van der Waals surface area contributed by atoms with Crippen LogP contribution in [0.5, 0.6) is 0 Å². The minimum atomic E-state index is -4.09. The molecule has 2 aliphatic carbocycles. The maximum Gasteiger partial charge on any atom is 0.333 e. The van der Waals surface area contributed by atoms with Crippen LogP contribution in [0.4, 0.5) is 10.5 Å². The van der Waals surface area contributed by atoms with Crippen LogP contribution in [0.1, 0.15) is 44.9 Å². The van der Waals surface area contributed by atoms with Crippen molar-refractivity contribution in [3.05, 3.63) is 71.5 Å². The zero-order chi connectivity index (χ0) is 23.6. The topological polar surface area (TPSA) is 78.5 Å². The first kappa shape index (κ1) is 23.1. The molecule has 33 heavy (non-hydrogen) atoms. The van der Waals surface area contributed by atoms with Crippen molar-refractivity contribution < 1.29 is 13.2 Å². The molecule has 0 radical (unpaired) electrons. The predicted octanol–water partition coefficient (Wildman–Crippen LogP) is 5.39. The standard InChI is InChI=1S/C26H31N3O3S/c1-18-10-5-4-6-11-19-12-7-13-20(19)25(18)27-26(30)28-33(31,32)24-17-9-14-21-22(24)15-8-16-23(21)29(2)3/h8-9,11,14-17H,1,4-7,10,12-13H2,2-3H3,(H2,27,28,30)/b19-11-,25-20?. The SMILES string of the molecule is C=C1CCCC/C=C2/CCCC2=C1NC(=O)NS(=O)(=O)c1cccc2c(N(C)C)cccc12. The molecule has 0 aliphatic heterocycles. The van der Waals surface area contributed by atoms with Crippen molar-refractivity contribution in [1.82, 2.24) is 10.0 Å². The molecule has 0 atom stereocenters. The molecular formula is C26H31N3O3S. The van der Waals surface area contributed by atoms with Crippen molar-refractivity contribution in [2.75, 3.05) is 19.0 Å². The molecule has 1 fully saturated rings. The lowest BCUT2D eigenvalue weighted by atomic mass is 10.0. The van der Waals surface area contributed by atoms with Gasteiger partial charge in [0.25, 0.3) is 10.0 Å². The Labute approximate surface area is 196 Å². The molecule has 2 aromatic carbocycles. The number of nitrogens with zero attached hydrogens (tertiary/aromatic N) is 1. The van der Waals surface area contributed by atoms with E-state index in [0.717, 1.165) is 67.2 Å². The summed E-state index contributed by atoms with van der Waals surface area (Å²) >= 11 is 0. The van der Waals surface area contributed by atoms with Crippen LogP contribution >= 0.6 is 0 Å². The van der Waals surface area contributed by atoms with E-state index < -0.39 is 16.1 Å². The van der Waals surface area contributed by atoms with E-state index in [0.29, 0.717) is 11.1 Å². The second kappa shape index (κ2) is 9.43. The number of rotatable bonds is 4. The fraction of sp³-hybridized carbons (Fsp3) is 0.346. The highest BCUT2D eigenvalue weighted by Gasteiger charge is 2.25. The van der Waals surface area contributed by atoms with E-state index in [1.807, 2.05) is 37.2 Å². The fourth-order valence-corrected chi connectivity index (χ4v) is 5.87. The number of anilines is 1. The number of amides is 2. The third-order valence-corrected chi connectivity index (χ3v) is 7.72. The Balaban J connectivity index is 1.64. The first-order valence-corrected chi connectivity index (χ1v) is 12.9. The summed E-state index contributed by atoms with van der Waals surface area (Å²) in [5.74, 6) is 0. The summed E-state index contributed by atoms with van der Waals surface area (Å²) in [5, 5.41) is 4.22. The van der Waals surface area contributed by atoms with E-state index in [1.54, 1.807) is 12.1 Å². The van der Waals surface area contributed by atoms with Crippen molar-refractivity contribution in [3.63, 3.8) is 0 Å². The molecule has 7 heteroatoms. The zero-order valence-electron chi connectivity index (χ0n) is 19.3. The lowest BCUT2D eigenvalue weighted by Crippen LogP contribution is -2.39. The summed E-state index contributed by atoms with van der Waals surface area (Å²) in [6.45, 7) is 4.19.